The topological polar surface area (TPSA) is 49.8 Å². The Morgan fingerprint density at radius 1 is 1.26 bits per heavy atom. The number of amides is 1. The largest absolute Gasteiger partial charge is 0.490 e. The first-order valence-corrected chi connectivity index (χ1v) is 7.27. The molecule has 2 rings (SSSR count). The maximum absolute atomic E-state index is 13.6. The minimum absolute atomic E-state index is 0.0959. The number of hydrogen-bond donors (Lipinski definition) is 1. The van der Waals surface area contributed by atoms with Crippen LogP contribution in [0.5, 0.6) is 5.75 Å². The highest BCUT2D eigenvalue weighted by Crippen LogP contribution is 2.23. The van der Waals surface area contributed by atoms with Gasteiger partial charge >= 0.3 is 0 Å². The van der Waals surface area contributed by atoms with E-state index in [4.69, 9.17) is 4.74 Å². The fourth-order valence-electron chi connectivity index (χ4n) is 2.15. The van der Waals surface area contributed by atoms with E-state index in [2.05, 4.69) is 0 Å². The summed E-state index contributed by atoms with van der Waals surface area (Å²) in [6.45, 7) is 1.75. The van der Waals surface area contributed by atoms with Gasteiger partial charge in [0.05, 0.1) is 0 Å². The molecule has 0 aliphatic rings. The monoisotopic (exact) mass is 317 g/mol. The third-order valence-electron chi connectivity index (χ3n) is 3.50. The molecule has 2 aromatic rings. The van der Waals surface area contributed by atoms with Gasteiger partial charge in [0.25, 0.3) is 5.91 Å². The van der Waals surface area contributed by atoms with Crippen LogP contribution < -0.4 is 4.74 Å². The predicted molar refractivity (Wildman–Crippen MR) is 86.1 cm³/mol. The molecule has 4 nitrogen and oxygen atoms in total. The fraction of sp³-hybridized carbons (Fsp3) is 0.278. The summed E-state index contributed by atoms with van der Waals surface area (Å²) in [4.78, 5) is 13.5. The lowest BCUT2D eigenvalue weighted by Gasteiger charge is -2.16. The molecule has 0 heterocycles. The van der Waals surface area contributed by atoms with Crippen LogP contribution in [0.3, 0.4) is 0 Å². The molecule has 2 aromatic carbocycles. The molecule has 122 valence electrons. The van der Waals surface area contributed by atoms with Crippen LogP contribution in [0.15, 0.2) is 42.5 Å². The van der Waals surface area contributed by atoms with Crippen molar-refractivity contribution in [2.75, 3.05) is 20.7 Å². The van der Waals surface area contributed by atoms with Crippen LogP contribution in [-0.4, -0.2) is 36.6 Å². The van der Waals surface area contributed by atoms with E-state index in [0.29, 0.717) is 11.3 Å². The summed E-state index contributed by atoms with van der Waals surface area (Å²) < 4.78 is 19.2. The van der Waals surface area contributed by atoms with Gasteiger partial charge in [-0.2, -0.15) is 0 Å². The van der Waals surface area contributed by atoms with E-state index in [-0.39, 0.29) is 18.1 Å². The van der Waals surface area contributed by atoms with Gasteiger partial charge in [-0.1, -0.05) is 24.3 Å². The molecule has 1 unspecified atom stereocenters. The van der Waals surface area contributed by atoms with E-state index in [9.17, 15) is 14.3 Å². The lowest BCUT2D eigenvalue weighted by Crippen LogP contribution is -2.21. The van der Waals surface area contributed by atoms with Crippen molar-refractivity contribution in [3.63, 3.8) is 0 Å². The molecular formula is C18H20FNO3. The summed E-state index contributed by atoms with van der Waals surface area (Å²) in [5, 5.41) is 10.1. The number of aliphatic hydroxyl groups is 1. The van der Waals surface area contributed by atoms with Crippen molar-refractivity contribution in [2.24, 2.45) is 0 Å². The molecule has 0 saturated heterocycles. The van der Waals surface area contributed by atoms with Gasteiger partial charge < -0.3 is 14.7 Å². The summed E-state index contributed by atoms with van der Waals surface area (Å²) in [5.74, 6) is -0.116. The zero-order chi connectivity index (χ0) is 17.0. The summed E-state index contributed by atoms with van der Waals surface area (Å²) in [7, 11) is 3.34. The van der Waals surface area contributed by atoms with Gasteiger partial charge in [0.15, 0.2) is 0 Å². The van der Waals surface area contributed by atoms with Crippen molar-refractivity contribution in [3.05, 3.63) is 65.0 Å². The van der Waals surface area contributed by atoms with Gasteiger partial charge in [0.1, 0.15) is 24.3 Å². The molecule has 0 fully saturated rings. The number of aryl methyl sites for hydroxylation is 1. The zero-order valence-electron chi connectivity index (χ0n) is 13.4. The SMILES string of the molecule is Cc1ccc(C(=O)N(C)C)cc1OCC(O)c1ccccc1F. The van der Waals surface area contributed by atoms with Crippen LogP contribution in [0.2, 0.25) is 0 Å². The van der Waals surface area contributed by atoms with Crippen molar-refractivity contribution in [3.8, 4) is 5.75 Å². The van der Waals surface area contributed by atoms with E-state index in [1.807, 2.05) is 6.92 Å². The van der Waals surface area contributed by atoms with Gasteiger partial charge in [-0.3, -0.25) is 4.79 Å². The molecule has 23 heavy (non-hydrogen) atoms. The number of hydrogen-bond acceptors (Lipinski definition) is 3. The normalized spacial score (nSPS) is 11.9. The molecule has 5 heteroatoms. The maximum Gasteiger partial charge on any atom is 0.253 e. The van der Waals surface area contributed by atoms with Gasteiger partial charge in [-0.05, 0) is 30.7 Å². The molecule has 1 N–H and O–H groups in total. The Balaban J connectivity index is 2.12. The van der Waals surface area contributed by atoms with Gasteiger partial charge in [0.2, 0.25) is 0 Å². The Bertz CT molecular complexity index is 700. The van der Waals surface area contributed by atoms with Crippen LogP contribution in [0.4, 0.5) is 4.39 Å². The van der Waals surface area contributed by atoms with Crippen LogP contribution in [0, 0.1) is 12.7 Å². The maximum atomic E-state index is 13.6. The van der Waals surface area contributed by atoms with Crippen molar-refractivity contribution in [1.82, 2.24) is 4.90 Å². The third kappa shape index (κ3) is 4.07. The number of rotatable bonds is 5. The smallest absolute Gasteiger partial charge is 0.253 e. The Kier molecular flexibility index (Phi) is 5.34. The molecule has 1 atom stereocenters. The summed E-state index contributed by atoms with van der Waals surface area (Å²) in [6.07, 6.45) is -1.08. The summed E-state index contributed by atoms with van der Waals surface area (Å²) in [6, 6.07) is 11.2. The van der Waals surface area contributed by atoms with Crippen LogP contribution in [0.25, 0.3) is 0 Å². The number of carbonyl (C=O) groups excluding carboxylic acids is 1. The Morgan fingerprint density at radius 2 is 1.96 bits per heavy atom. The molecule has 0 aliphatic carbocycles. The average Bonchev–Trinajstić information content (AvgIpc) is 2.53. The second kappa shape index (κ2) is 7.24. The van der Waals surface area contributed by atoms with Crippen molar-refractivity contribution < 1.29 is 19.0 Å². The van der Waals surface area contributed by atoms with E-state index in [0.717, 1.165) is 5.56 Å². The van der Waals surface area contributed by atoms with E-state index < -0.39 is 11.9 Å². The Labute approximate surface area is 135 Å². The quantitative estimate of drug-likeness (QED) is 0.922. The van der Waals surface area contributed by atoms with E-state index in [1.165, 1.54) is 17.0 Å². The predicted octanol–water partition coefficient (Wildman–Crippen LogP) is 2.95. The summed E-state index contributed by atoms with van der Waals surface area (Å²) in [5.41, 5.74) is 1.52. The first-order valence-electron chi connectivity index (χ1n) is 7.27. The van der Waals surface area contributed by atoms with E-state index >= 15 is 0 Å². The molecule has 0 aromatic heterocycles. The minimum atomic E-state index is -1.08. The number of nitrogens with zero attached hydrogens (tertiary/aromatic N) is 1. The van der Waals surface area contributed by atoms with Crippen LogP contribution in [0.1, 0.15) is 27.6 Å². The van der Waals surface area contributed by atoms with Crippen LogP contribution >= 0.6 is 0 Å². The highest BCUT2D eigenvalue weighted by atomic mass is 19.1. The fourth-order valence-corrected chi connectivity index (χ4v) is 2.15. The second-order valence-electron chi connectivity index (χ2n) is 5.53. The average molecular weight is 317 g/mol. The number of aliphatic hydroxyl groups excluding tert-OH is 1. The minimum Gasteiger partial charge on any atom is -0.490 e. The second-order valence-corrected chi connectivity index (χ2v) is 5.53. The standard InChI is InChI=1S/C18H20FNO3/c1-12-8-9-13(18(22)20(2)3)10-17(12)23-11-16(21)14-6-4-5-7-15(14)19/h4-10,16,21H,11H2,1-3H3. The van der Waals surface area contributed by atoms with Gasteiger partial charge in [-0.15, -0.1) is 0 Å². The van der Waals surface area contributed by atoms with E-state index in [1.54, 1.807) is 44.4 Å². The van der Waals surface area contributed by atoms with Crippen molar-refractivity contribution in [2.45, 2.75) is 13.0 Å². The Morgan fingerprint density at radius 3 is 2.61 bits per heavy atom. The third-order valence-corrected chi connectivity index (χ3v) is 3.50. The lowest BCUT2D eigenvalue weighted by molar-refractivity contribution is 0.0826. The molecular weight excluding hydrogens is 297 g/mol. The number of carbonyl (C=O) groups is 1. The molecule has 0 aliphatic heterocycles. The molecule has 0 radical (unpaired) electrons. The number of benzene rings is 2. The number of ether oxygens (including phenoxy) is 1. The molecule has 0 bridgehead atoms. The lowest BCUT2D eigenvalue weighted by atomic mass is 10.1. The molecule has 1 amide bonds. The Hall–Kier alpha value is -2.40. The van der Waals surface area contributed by atoms with Gasteiger partial charge in [0, 0.05) is 25.2 Å². The zero-order valence-corrected chi connectivity index (χ0v) is 13.4. The number of halogens is 1. The first kappa shape index (κ1) is 17.0. The molecule has 0 saturated carbocycles. The first-order chi connectivity index (χ1) is 10.9. The van der Waals surface area contributed by atoms with Gasteiger partial charge in [-0.25, -0.2) is 4.39 Å². The van der Waals surface area contributed by atoms with Crippen LogP contribution in [-0.2, 0) is 0 Å². The summed E-state index contributed by atoms with van der Waals surface area (Å²) >= 11 is 0. The van der Waals surface area contributed by atoms with Crippen molar-refractivity contribution >= 4 is 5.91 Å². The highest BCUT2D eigenvalue weighted by Gasteiger charge is 2.15. The highest BCUT2D eigenvalue weighted by molar-refractivity contribution is 5.94. The van der Waals surface area contributed by atoms with Crippen molar-refractivity contribution in [1.29, 1.82) is 0 Å². The molecule has 0 spiro atoms.